The van der Waals surface area contributed by atoms with E-state index in [0.29, 0.717) is 10.6 Å². The fourth-order valence-corrected chi connectivity index (χ4v) is 2.16. The molecule has 104 valence electrons. The summed E-state index contributed by atoms with van der Waals surface area (Å²) < 4.78 is 0. The van der Waals surface area contributed by atoms with Crippen LogP contribution >= 0.6 is 11.6 Å². The third-order valence-corrected chi connectivity index (χ3v) is 3.43. The molecule has 0 atom stereocenters. The number of carbonyl (C=O) groups excluding carboxylic acids is 1. The topological polar surface area (TPSA) is 42.0 Å². The van der Waals surface area contributed by atoms with Gasteiger partial charge in [0.25, 0.3) is 5.91 Å². The second-order valence-electron chi connectivity index (χ2n) is 5.28. The van der Waals surface area contributed by atoms with E-state index in [4.69, 9.17) is 11.6 Å². The van der Waals surface area contributed by atoms with Crippen LogP contribution in [0.15, 0.2) is 42.6 Å². The highest BCUT2D eigenvalue weighted by atomic mass is 35.5. The largest absolute Gasteiger partial charge is 0.341 e. The van der Waals surface area contributed by atoms with E-state index in [0.717, 1.165) is 11.3 Å². The van der Waals surface area contributed by atoms with Crippen LogP contribution in [-0.4, -0.2) is 10.9 Å². The predicted molar refractivity (Wildman–Crippen MR) is 80.9 cm³/mol. The second kappa shape index (κ2) is 5.63. The maximum Gasteiger partial charge on any atom is 0.253 e. The van der Waals surface area contributed by atoms with Crippen molar-refractivity contribution in [1.29, 1.82) is 0 Å². The number of aromatic nitrogens is 1. The van der Waals surface area contributed by atoms with Crippen molar-refractivity contribution in [2.75, 3.05) is 0 Å². The molecule has 0 bridgehead atoms. The number of amides is 1. The molecule has 2 rings (SSSR count). The minimum Gasteiger partial charge on any atom is -0.341 e. The van der Waals surface area contributed by atoms with E-state index in [-0.39, 0.29) is 5.91 Å². The Morgan fingerprint density at radius 1 is 1.25 bits per heavy atom. The van der Waals surface area contributed by atoms with E-state index in [1.165, 1.54) is 0 Å². The number of hydrogen-bond donors (Lipinski definition) is 1. The van der Waals surface area contributed by atoms with Crippen molar-refractivity contribution in [3.8, 4) is 0 Å². The first-order chi connectivity index (χ1) is 9.40. The molecule has 1 aromatic carbocycles. The fraction of sp³-hybridized carbons (Fsp3) is 0.250. The first-order valence-electron chi connectivity index (χ1n) is 6.40. The van der Waals surface area contributed by atoms with Crippen LogP contribution in [0.25, 0.3) is 0 Å². The summed E-state index contributed by atoms with van der Waals surface area (Å²) in [4.78, 5) is 16.7. The van der Waals surface area contributed by atoms with Crippen molar-refractivity contribution in [3.05, 3.63) is 64.4 Å². The number of aryl methyl sites for hydroxylation is 1. The van der Waals surface area contributed by atoms with Crippen molar-refractivity contribution in [3.63, 3.8) is 0 Å². The second-order valence-corrected chi connectivity index (χ2v) is 5.68. The molecule has 2 aromatic rings. The molecule has 1 amide bonds. The van der Waals surface area contributed by atoms with E-state index in [1.54, 1.807) is 18.3 Å². The molecule has 0 radical (unpaired) electrons. The Bertz CT molecular complexity index is 624. The van der Waals surface area contributed by atoms with Crippen LogP contribution in [0.2, 0.25) is 5.02 Å². The molecule has 0 unspecified atom stereocenters. The van der Waals surface area contributed by atoms with Gasteiger partial charge in [0.1, 0.15) is 0 Å². The summed E-state index contributed by atoms with van der Waals surface area (Å²) in [6.07, 6.45) is 1.71. The zero-order valence-corrected chi connectivity index (χ0v) is 12.5. The summed E-state index contributed by atoms with van der Waals surface area (Å²) in [6.45, 7) is 5.75. The Balaban J connectivity index is 2.25. The van der Waals surface area contributed by atoms with Gasteiger partial charge in [-0.1, -0.05) is 29.3 Å². The monoisotopic (exact) mass is 288 g/mol. The van der Waals surface area contributed by atoms with E-state index in [2.05, 4.69) is 10.3 Å². The van der Waals surface area contributed by atoms with E-state index >= 15 is 0 Å². The van der Waals surface area contributed by atoms with Crippen LogP contribution in [0.5, 0.6) is 0 Å². The highest BCUT2D eigenvalue weighted by Gasteiger charge is 2.25. The van der Waals surface area contributed by atoms with Gasteiger partial charge in [-0.3, -0.25) is 9.78 Å². The average Bonchev–Trinajstić information content (AvgIpc) is 2.42. The molecule has 1 aromatic heterocycles. The summed E-state index contributed by atoms with van der Waals surface area (Å²) in [5.41, 5.74) is 1.72. The molecule has 1 heterocycles. The standard InChI is InChI=1S/C16H17ClN2O/c1-11-7-8-13(17)12(10-11)15(20)19-16(2,3)14-6-4-5-9-18-14/h4-10H,1-3H3,(H,19,20). The SMILES string of the molecule is Cc1ccc(Cl)c(C(=O)NC(C)(C)c2ccccn2)c1. The summed E-state index contributed by atoms with van der Waals surface area (Å²) in [5.74, 6) is -0.200. The van der Waals surface area contributed by atoms with Crippen molar-refractivity contribution < 1.29 is 4.79 Å². The highest BCUT2D eigenvalue weighted by molar-refractivity contribution is 6.33. The molecule has 0 aliphatic carbocycles. The van der Waals surface area contributed by atoms with Gasteiger partial charge in [-0.05, 0) is 45.0 Å². The van der Waals surface area contributed by atoms with Crippen LogP contribution in [0.1, 0.15) is 35.5 Å². The number of nitrogens with one attached hydrogen (secondary N) is 1. The zero-order valence-electron chi connectivity index (χ0n) is 11.8. The number of hydrogen-bond acceptors (Lipinski definition) is 2. The summed E-state index contributed by atoms with van der Waals surface area (Å²) in [5, 5.41) is 3.42. The molecular formula is C16H17ClN2O. The van der Waals surface area contributed by atoms with E-state index < -0.39 is 5.54 Å². The van der Waals surface area contributed by atoms with Gasteiger partial charge < -0.3 is 5.32 Å². The van der Waals surface area contributed by atoms with Gasteiger partial charge in [-0.25, -0.2) is 0 Å². The van der Waals surface area contributed by atoms with Crippen LogP contribution in [0.4, 0.5) is 0 Å². The van der Waals surface area contributed by atoms with Gasteiger partial charge >= 0.3 is 0 Å². The van der Waals surface area contributed by atoms with E-state index in [9.17, 15) is 4.79 Å². The molecule has 0 fully saturated rings. The van der Waals surface area contributed by atoms with Crippen molar-refractivity contribution >= 4 is 17.5 Å². The molecular weight excluding hydrogens is 272 g/mol. The minimum atomic E-state index is -0.564. The summed E-state index contributed by atoms with van der Waals surface area (Å²) in [6, 6.07) is 11.0. The Morgan fingerprint density at radius 3 is 2.65 bits per heavy atom. The minimum absolute atomic E-state index is 0.200. The predicted octanol–water partition coefficient (Wildman–Crippen LogP) is 3.71. The Kier molecular flexibility index (Phi) is 4.09. The smallest absolute Gasteiger partial charge is 0.253 e. The number of rotatable bonds is 3. The molecule has 3 nitrogen and oxygen atoms in total. The summed E-state index contributed by atoms with van der Waals surface area (Å²) >= 11 is 6.09. The molecule has 1 N–H and O–H groups in total. The van der Waals surface area contributed by atoms with Crippen molar-refractivity contribution in [2.24, 2.45) is 0 Å². The van der Waals surface area contributed by atoms with Gasteiger partial charge in [0.2, 0.25) is 0 Å². The van der Waals surface area contributed by atoms with Gasteiger partial charge in [-0.15, -0.1) is 0 Å². The lowest BCUT2D eigenvalue weighted by Crippen LogP contribution is -2.41. The van der Waals surface area contributed by atoms with Crippen molar-refractivity contribution in [1.82, 2.24) is 10.3 Å². The van der Waals surface area contributed by atoms with Gasteiger partial charge in [0, 0.05) is 6.20 Å². The first kappa shape index (κ1) is 14.5. The van der Waals surface area contributed by atoms with Crippen LogP contribution in [0, 0.1) is 6.92 Å². The summed E-state index contributed by atoms with van der Waals surface area (Å²) in [7, 11) is 0. The molecule has 0 saturated carbocycles. The Hall–Kier alpha value is -1.87. The third kappa shape index (κ3) is 3.17. The Morgan fingerprint density at radius 2 is 2.00 bits per heavy atom. The number of halogens is 1. The fourth-order valence-electron chi connectivity index (χ4n) is 1.96. The molecule has 0 saturated heterocycles. The maximum atomic E-state index is 12.4. The lowest BCUT2D eigenvalue weighted by Gasteiger charge is -2.26. The van der Waals surface area contributed by atoms with Crippen LogP contribution < -0.4 is 5.32 Å². The molecule has 0 aliphatic heterocycles. The van der Waals surface area contributed by atoms with Crippen molar-refractivity contribution in [2.45, 2.75) is 26.3 Å². The van der Waals surface area contributed by atoms with Gasteiger partial charge in [0.05, 0.1) is 21.8 Å². The average molecular weight is 289 g/mol. The van der Waals surface area contributed by atoms with Crippen LogP contribution in [0.3, 0.4) is 0 Å². The number of nitrogens with zero attached hydrogens (tertiary/aromatic N) is 1. The third-order valence-electron chi connectivity index (χ3n) is 3.10. The number of benzene rings is 1. The number of pyridine rings is 1. The van der Waals surface area contributed by atoms with Gasteiger partial charge in [0.15, 0.2) is 0 Å². The lowest BCUT2D eigenvalue weighted by atomic mass is 9.99. The van der Waals surface area contributed by atoms with E-state index in [1.807, 2.05) is 45.0 Å². The molecule has 20 heavy (non-hydrogen) atoms. The molecule has 4 heteroatoms. The quantitative estimate of drug-likeness (QED) is 0.935. The number of carbonyl (C=O) groups is 1. The first-order valence-corrected chi connectivity index (χ1v) is 6.78. The molecule has 0 spiro atoms. The van der Waals surface area contributed by atoms with Gasteiger partial charge in [-0.2, -0.15) is 0 Å². The zero-order chi connectivity index (χ0) is 14.8. The lowest BCUT2D eigenvalue weighted by molar-refractivity contribution is 0.0910. The molecule has 0 aliphatic rings. The normalized spacial score (nSPS) is 11.2. The van der Waals surface area contributed by atoms with Crippen LogP contribution in [-0.2, 0) is 5.54 Å². The maximum absolute atomic E-state index is 12.4. The Labute approximate surface area is 124 Å². The highest BCUT2D eigenvalue weighted by Crippen LogP contribution is 2.21.